The summed E-state index contributed by atoms with van der Waals surface area (Å²) in [5.41, 5.74) is 3.92. The van der Waals surface area contributed by atoms with Gasteiger partial charge < -0.3 is 14.2 Å². The molecule has 8 nitrogen and oxygen atoms in total. The second-order valence-corrected chi connectivity index (χ2v) is 9.86. The number of hydrogen-bond acceptors (Lipinski definition) is 6. The smallest absolute Gasteiger partial charge is 0.335 e. The summed E-state index contributed by atoms with van der Waals surface area (Å²) in [7, 11) is 0. The van der Waals surface area contributed by atoms with Crippen molar-refractivity contribution in [3.8, 4) is 17.2 Å². The lowest BCUT2D eigenvalue weighted by Crippen LogP contribution is -2.54. The molecule has 0 spiro atoms. The predicted octanol–water partition coefficient (Wildman–Crippen LogP) is 5.90. The highest BCUT2D eigenvalue weighted by atomic mass is 79.9. The first kappa shape index (κ1) is 27.9. The third kappa shape index (κ3) is 6.49. The van der Waals surface area contributed by atoms with Crippen LogP contribution in [0.15, 0.2) is 64.6 Å². The van der Waals surface area contributed by atoms with Crippen LogP contribution in [0, 0.1) is 20.8 Å². The van der Waals surface area contributed by atoms with Gasteiger partial charge in [0.05, 0.1) is 16.8 Å². The Labute approximate surface area is 235 Å². The molecule has 0 aliphatic carbocycles. The first-order chi connectivity index (χ1) is 18.7. The summed E-state index contributed by atoms with van der Waals surface area (Å²) in [6, 6.07) is 15.4. The van der Waals surface area contributed by atoms with Crippen LogP contribution in [0.2, 0.25) is 0 Å². The first-order valence-corrected chi connectivity index (χ1v) is 13.2. The van der Waals surface area contributed by atoms with Gasteiger partial charge in [0.15, 0.2) is 11.5 Å². The highest BCUT2D eigenvalue weighted by Gasteiger charge is 2.37. The molecule has 0 atom stereocenters. The average Bonchev–Trinajstić information content (AvgIpc) is 2.88. The van der Waals surface area contributed by atoms with E-state index in [4.69, 9.17) is 14.2 Å². The molecule has 1 N–H and O–H groups in total. The van der Waals surface area contributed by atoms with E-state index in [2.05, 4.69) is 21.2 Å². The van der Waals surface area contributed by atoms with Gasteiger partial charge in [-0.05, 0) is 108 Å². The molecule has 9 heteroatoms. The molecule has 0 saturated carbocycles. The van der Waals surface area contributed by atoms with Crippen LogP contribution >= 0.6 is 15.9 Å². The Morgan fingerprint density at radius 1 is 0.897 bits per heavy atom. The van der Waals surface area contributed by atoms with E-state index in [0.29, 0.717) is 40.4 Å². The van der Waals surface area contributed by atoms with E-state index in [-0.39, 0.29) is 12.2 Å². The Morgan fingerprint density at radius 3 is 2.38 bits per heavy atom. The van der Waals surface area contributed by atoms with Crippen LogP contribution in [-0.2, 0) is 9.59 Å². The van der Waals surface area contributed by atoms with Crippen molar-refractivity contribution in [3.63, 3.8) is 0 Å². The predicted molar refractivity (Wildman–Crippen MR) is 152 cm³/mol. The topological polar surface area (TPSA) is 94.2 Å². The second kappa shape index (κ2) is 12.2. The van der Waals surface area contributed by atoms with Crippen LogP contribution in [0.25, 0.3) is 6.08 Å². The zero-order chi connectivity index (χ0) is 28.1. The number of urea groups is 1. The fourth-order valence-electron chi connectivity index (χ4n) is 4.01. The summed E-state index contributed by atoms with van der Waals surface area (Å²) in [6.45, 7) is 8.73. The number of carbonyl (C=O) groups is 3. The molecule has 1 aliphatic heterocycles. The fraction of sp³-hybridized carbons (Fsp3) is 0.233. The molecule has 4 rings (SSSR count). The molecule has 0 aromatic heterocycles. The number of halogens is 1. The number of aryl methyl sites for hydroxylation is 3. The summed E-state index contributed by atoms with van der Waals surface area (Å²) in [6.07, 6.45) is 1.42. The van der Waals surface area contributed by atoms with E-state index >= 15 is 0 Å². The van der Waals surface area contributed by atoms with Gasteiger partial charge in [-0.3, -0.25) is 14.9 Å². The van der Waals surface area contributed by atoms with E-state index < -0.39 is 17.8 Å². The molecule has 1 aliphatic rings. The maximum Gasteiger partial charge on any atom is 0.335 e. The second-order valence-electron chi connectivity index (χ2n) is 9.00. The third-order valence-electron chi connectivity index (χ3n) is 6.08. The molecule has 0 radical (unpaired) electrons. The number of hydrogen-bond donors (Lipinski definition) is 1. The van der Waals surface area contributed by atoms with E-state index in [1.54, 1.807) is 30.3 Å². The van der Waals surface area contributed by atoms with Crippen molar-refractivity contribution in [2.45, 2.75) is 27.7 Å². The Morgan fingerprint density at radius 2 is 1.67 bits per heavy atom. The molecule has 1 heterocycles. The Kier molecular flexibility index (Phi) is 8.71. The maximum absolute atomic E-state index is 13.3. The summed E-state index contributed by atoms with van der Waals surface area (Å²) >= 11 is 3.52. The van der Waals surface area contributed by atoms with Gasteiger partial charge in [-0.25, -0.2) is 9.69 Å². The number of imide groups is 2. The lowest BCUT2D eigenvalue weighted by Gasteiger charge is -2.26. The van der Waals surface area contributed by atoms with Crippen molar-refractivity contribution in [3.05, 3.63) is 86.9 Å². The summed E-state index contributed by atoms with van der Waals surface area (Å²) in [5.74, 6) is 0.180. The van der Waals surface area contributed by atoms with Gasteiger partial charge in [-0.1, -0.05) is 18.2 Å². The highest BCUT2D eigenvalue weighted by molar-refractivity contribution is 9.10. The normalized spacial score (nSPS) is 14.4. The first-order valence-electron chi connectivity index (χ1n) is 12.4. The molecule has 1 fully saturated rings. The molecule has 3 aromatic rings. The number of carbonyl (C=O) groups excluding carboxylic acids is 3. The number of nitrogens with zero attached hydrogens (tertiary/aromatic N) is 1. The maximum atomic E-state index is 13.3. The minimum absolute atomic E-state index is 0.180. The number of rotatable bonds is 9. The lowest BCUT2D eigenvalue weighted by atomic mass is 10.1. The zero-order valence-corrected chi connectivity index (χ0v) is 23.8. The molecule has 3 aromatic carbocycles. The number of ether oxygens (including phenoxy) is 3. The summed E-state index contributed by atoms with van der Waals surface area (Å²) < 4.78 is 18.1. The standard InChI is InChI=1S/C30H29BrN2O6/c1-5-37-26-17-21(16-25(31)27(26)39-12-11-38-23-10-9-19(3)20(4)14-23)15-24-28(34)32-30(36)33(29(24)35)22-8-6-7-18(2)13-22/h6-10,13-17H,5,11-12H2,1-4H3,(H,32,34,36)/b24-15+. The number of barbiturate groups is 1. The van der Waals surface area contributed by atoms with Gasteiger partial charge in [0.25, 0.3) is 11.8 Å². The van der Waals surface area contributed by atoms with Gasteiger partial charge >= 0.3 is 6.03 Å². The summed E-state index contributed by atoms with van der Waals surface area (Å²) in [4.78, 5) is 39.3. The highest BCUT2D eigenvalue weighted by Crippen LogP contribution is 2.38. The van der Waals surface area contributed by atoms with E-state index in [9.17, 15) is 14.4 Å². The van der Waals surface area contributed by atoms with Gasteiger partial charge in [-0.2, -0.15) is 0 Å². The van der Waals surface area contributed by atoms with E-state index in [0.717, 1.165) is 21.8 Å². The zero-order valence-electron chi connectivity index (χ0n) is 22.2. The lowest BCUT2D eigenvalue weighted by molar-refractivity contribution is -0.122. The van der Waals surface area contributed by atoms with Crippen molar-refractivity contribution in [2.24, 2.45) is 0 Å². The van der Waals surface area contributed by atoms with Gasteiger partial charge in [0.1, 0.15) is 24.5 Å². The number of anilines is 1. The van der Waals surface area contributed by atoms with Crippen molar-refractivity contribution >= 4 is 45.5 Å². The number of benzene rings is 3. The quantitative estimate of drug-likeness (QED) is 0.189. The monoisotopic (exact) mass is 592 g/mol. The summed E-state index contributed by atoms with van der Waals surface area (Å²) in [5, 5.41) is 2.25. The van der Waals surface area contributed by atoms with Crippen molar-refractivity contribution in [2.75, 3.05) is 24.7 Å². The van der Waals surface area contributed by atoms with E-state index in [1.165, 1.54) is 11.6 Å². The van der Waals surface area contributed by atoms with Gasteiger partial charge in [0, 0.05) is 0 Å². The SMILES string of the molecule is CCOc1cc(/C=C2\C(=O)NC(=O)N(c3cccc(C)c3)C2=O)cc(Br)c1OCCOc1ccc(C)c(C)c1. The Balaban J connectivity index is 1.54. The van der Waals surface area contributed by atoms with Crippen LogP contribution < -0.4 is 24.4 Å². The van der Waals surface area contributed by atoms with Crippen molar-refractivity contribution in [1.82, 2.24) is 5.32 Å². The Hall–Kier alpha value is -4.11. The van der Waals surface area contributed by atoms with Crippen LogP contribution in [0.4, 0.5) is 10.5 Å². The Bertz CT molecular complexity index is 1470. The molecule has 1 saturated heterocycles. The molecule has 0 unspecified atom stereocenters. The number of nitrogens with one attached hydrogen (secondary N) is 1. The molecular formula is C30H29BrN2O6. The average molecular weight is 593 g/mol. The largest absolute Gasteiger partial charge is 0.490 e. The van der Waals surface area contributed by atoms with Gasteiger partial charge in [-0.15, -0.1) is 0 Å². The third-order valence-corrected chi connectivity index (χ3v) is 6.67. The van der Waals surface area contributed by atoms with Gasteiger partial charge in [0.2, 0.25) is 0 Å². The van der Waals surface area contributed by atoms with Crippen LogP contribution in [0.1, 0.15) is 29.2 Å². The fourth-order valence-corrected chi connectivity index (χ4v) is 4.58. The van der Waals surface area contributed by atoms with Crippen molar-refractivity contribution in [1.29, 1.82) is 0 Å². The molecule has 202 valence electrons. The van der Waals surface area contributed by atoms with Crippen LogP contribution in [0.5, 0.6) is 17.2 Å². The minimum atomic E-state index is -0.796. The molecule has 39 heavy (non-hydrogen) atoms. The molecule has 0 bridgehead atoms. The molecular weight excluding hydrogens is 564 g/mol. The van der Waals surface area contributed by atoms with Crippen LogP contribution in [0.3, 0.4) is 0 Å². The van der Waals surface area contributed by atoms with E-state index in [1.807, 2.05) is 52.0 Å². The van der Waals surface area contributed by atoms with Crippen molar-refractivity contribution < 1.29 is 28.6 Å². The van der Waals surface area contributed by atoms with Crippen LogP contribution in [-0.4, -0.2) is 37.7 Å². The minimum Gasteiger partial charge on any atom is -0.490 e. The molecule has 4 amide bonds. The number of amides is 4.